The van der Waals surface area contributed by atoms with Crippen LogP contribution in [0.4, 0.5) is 4.79 Å². The monoisotopic (exact) mass is 300 g/mol. The number of nitrogens with one attached hydrogen (secondary N) is 1. The van der Waals surface area contributed by atoms with E-state index in [-0.39, 0.29) is 18.0 Å². The van der Waals surface area contributed by atoms with Gasteiger partial charge in [0.05, 0.1) is 0 Å². The fourth-order valence-corrected chi connectivity index (χ4v) is 2.12. The predicted octanol–water partition coefficient (Wildman–Crippen LogP) is 3.34. The van der Waals surface area contributed by atoms with Crippen molar-refractivity contribution in [1.29, 1.82) is 0 Å². The van der Waals surface area contributed by atoms with E-state index in [1.807, 2.05) is 20.9 Å². The number of rotatable bonds is 9. The second-order valence-electron chi connectivity index (χ2n) is 6.68. The molecule has 1 atom stereocenters. The first kappa shape index (κ1) is 19.7. The van der Waals surface area contributed by atoms with E-state index in [1.54, 1.807) is 4.90 Å². The molecular formula is C16H32N2O3. The number of hydrogen-bond donors (Lipinski definition) is 2. The second-order valence-corrected chi connectivity index (χ2v) is 6.68. The van der Waals surface area contributed by atoms with E-state index in [4.69, 9.17) is 5.11 Å². The van der Waals surface area contributed by atoms with E-state index >= 15 is 0 Å². The highest BCUT2D eigenvalue weighted by atomic mass is 16.4. The molecule has 124 valence electrons. The van der Waals surface area contributed by atoms with Crippen molar-refractivity contribution < 1.29 is 14.7 Å². The minimum Gasteiger partial charge on any atom is -0.481 e. The summed E-state index contributed by atoms with van der Waals surface area (Å²) in [6.07, 6.45) is 2.57. The van der Waals surface area contributed by atoms with E-state index in [9.17, 15) is 9.59 Å². The molecule has 5 nitrogen and oxygen atoms in total. The van der Waals surface area contributed by atoms with Crippen molar-refractivity contribution >= 4 is 12.0 Å². The Labute approximate surface area is 129 Å². The average molecular weight is 300 g/mol. The third-order valence-electron chi connectivity index (χ3n) is 4.54. The molecule has 2 amide bonds. The maximum absolute atomic E-state index is 12.1. The third kappa shape index (κ3) is 7.34. The number of carbonyl (C=O) groups is 2. The van der Waals surface area contributed by atoms with Crippen molar-refractivity contribution in [3.8, 4) is 0 Å². The van der Waals surface area contributed by atoms with Gasteiger partial charge in [0, 0.05) is 25.6 Å². The first-order valence-electron chi connectivity index (χ1n) is 7.85. The lowest BCUT2D eigenvalue weighted by atomic mass is 9.88. The Morgan fingerprint density at radius 3 is 2.24 bits per heavy atom. The molecule has 0 aliphatic rings. The molecule has 0 fully saturated rings. The molecule has 0 aromatic heterocycles. The number of urea groups is 1. The van der Waals surface area contributed by atoms with Crippen molar-refractivity contribution in [3.63, 3.8) is 0 Å². The van der Waals surface area contributed by atoms with Crippen LogP contribution in [0.15, 0.2) is 0 Å². The number of hydrogen-bond acceptors (Lipinski definition) is 2. The second kappa shape index (κ2) is 8.90. The fraction of sp³-hybridized carbons (Fsp3) is 0.875. The Balaban J connectivity index is 4.25. The topological polar surface area (TPSA) is 69.6 Å². The summed E-state index contributed by atoms with van der Waals surface area (Å²) in [5.41, 5.74) is -0.162. The number of carboxylic acid groups (broad SMARTS) is 1. The van der Waals surface area contributed by atoms with Gasteiger partial charge in [-0.15, -0.1) is 0 Å². The zero-order chi connectivity index (χ0) is 16.6. The number of carbonyl (C=O) groups excluding carboxylic acids is 1. The van der Waals surface area contributed by atoms with Gasteiger partial charge < -0.3 is 15.3 Å². The van der Waals surface area contributed by atoms with Crippen LogP contribution in [0.2, 0.25) is 0 Å². The molecular weight excluding hydrogens is 268 g/mol. The molecule has 0 saturated carbocycles. The lowest BCUT2D eigenvalue weighted by Crippen LogP contribution is -2.49. The van der Waals surface area contributed by atoms with Gasteiger partial charge in [-0.3, -0.25) is 4.79 Å². The molecule has 0 saturated heterocycles. The summed E-state index contributed by atoms with van der Waals surface area (Å²) in [6.45, 7) is 10.9. The quantitative estimate of drug-likeness (QED) is 0.686. The van der Waals surface area contributed by atoms with Crippen LogP contribution in [0.5, 0.6) is 0 Å². The van der Waals surface area contributed by atoms with E-state index in [2.05, 4.69) is 26.1 Å². The van der Waals surface area contributed by atoms with Crippen molar-refractivity contribution in [2.24, 2.45) is 11.8 Å². The maximum Gasteiger partial charge on any atom is 0.317 e. The van der Waals surface area contributed by atoms with Crippen LogP contribution in [-0.2, 0) is 4.79 Å². The smallest absolute Gasteiger partial charge is 0.317 e. The Morgan fingerprint density at radius 1 is 1.24 bits per heavy atom. The van der Waals surface area contributed by atoms with Crippen molar-refractivity contribution in [2.75, 3.05) is 13.6 Å². The largest absolute Gasteiger partial charge is 0.481 e. The van der Waals surface area contributed by atoms with Gasteiger partial charge >= 0.3 is 12.0 Å². The van der Waals surface area contributed by atoms with Crippen LogP contribution in [0.1, 0.15) is 60.3 Å². The SMILES string of the molecule is CCC(C)(C)N(C)C(=O)NCCC(CCC(=O)O)C(C)C. The molecule has 2 N–H and O–H groups in total. The molecule has 0 aliphatic carbocycles. The normalized spacial score (nSPS) is 13.1. The van der Waals surface area contributed by atoms with E-state index in [0.717, 1.165) is 12.8 Å². The molecule has 0 heterocycles. The predicted molar refractivity (Wildman–Crippen MR) is 85.3 cm³/mol. The first-order valence-corrected chi connectivity index (χ1v) is 7.85. The van der Waals surface area contributed by atoms with Gasteiger partial charge in [0.2, 0.25) is 0 Å². The summed E-state index contributed by atoms with van der Waals surface area (Å²) in [4.78, 5) is 24.5. The number of nitrogens with zero attached hydrogens (tertiary/aromatic N) is 1. The summed E-state index contributed by atoms with van der Waals surface area (Å²) in [5.74, 6) is -0.00827. The van der Waals surface area contributed by atoms with Crippen LogP contribution in [0.25, 0.3) is 0 Å². The van der Waals surface area contributed by atoms with Gasteiger partial charge in [-0.05, 0) is 44.9 Å². The summed E-state index contributed by atoms with van der Waals surface area (Å²) in [5, 5.41) is 11.7. The lowest BCUT2D eigenvalue weighted by molar-refractivity contribution is -0.137. The molecule has 0 radical (unpaired) electrons. The molecule has 5 heteroatoms. The molecule has 21 heavy (non-hydrogen) atoms. The molecule has 0 spiro atoms. The highest BCUT2D eigenvalue weighted by molar-refractivity contribution is 5.74. The minimum atomic E-state index is -0.755. The van der Waals surface area contributed by atoms with Crippen LogP contribution in [-0.4, -0.2) is 41.1 Å². The summed E-state index contributed by atoms with van der Waals surface area (Å²) in [6, 6.07) is -0.0670. The van der Waals surface area contributed by atoms with E-state index in [0.29, 0.717) is 24.8 Å². The molecule has 0 rings (SSSR count). The van der Waals surface area contributed by atoms with Gasteiger partial charge in [-0.25, -0.2) is 4.79 Å². The van der Waals surface area contributed by atoms with Gasteiger partial charge in [0.1, 0.15) is 0 Å². The van der Waals surface area contributed by atoms with Crippen molar-refractivity contribution in [2.45, 2.75) is 65.8 Å². The van der Waals surface area contributed by atoms with Crippen molar-refractivity contribution in [3.05, 3.63) is 0 Å². The highest BCUT2D eigenvalue weighted by Gasteiger charge is 2.25. The zero-order valence-electron chi connectivity index (χ0n) is 14.4. The number of amides is 2. The first-order chi connectivity index (χ1) is 9.61. The Kier molecular flexibility index (Phi) is 8.37. The Hall–Kier alpha value is -1.26. The summed E-state index contributed by atoms with van der Waals surface area (Å²) in [7, 11) is 1.81. The van der Waals surface area contributed by atoms with Gasteiger partial charge in [-0.1, -0.05) is 20.8 Å². The lowest BCUT2D eigenvalue weighted by Gasteiger charge is -2.35. The third-order valence-corrected chi connectivity index (χ3v) is 4.54. The van der Waals surface area contributed by atoms with E-state index in [1.165, 1.54) is 0 Å². The molecule has 0 bridgehead atoms. The molecule has 0 aromatic rings. The molecule has 1 unspecified atom stereocenters. The standard InChI is InChI=1S/C16H32N2O3/c1-7-16(4,5)18(6)15(21)17-11-10-13(12(2)3)8-9-14(19)20/h12-13H,7-11H2,1-6H3,(H,17,21)(H,19,20). The Morgan fingerprint density at radius 2 is 1.81 bits per heavy atom. The van der Waals surface area contributed by atoms with Gasteiger partial charge in [0.15, 0.2) is 0 Å². The van der Waals surface area contributed by atoms with E-state index < -0.39 is 5.97 Å². The molecule has 0 aliphatic heterocycles. The van der Waals surface area contributed by atoms with Crippen LogP contribution >= 0.6 is 0 Å². The molecule has 0 aromatic carbocycles. The summed E-state index contributed by atoms with van der Waals surface area (Å²) >= 11 is 0. The number of aliphatic carboxylic acids is 1. The van der Waals surface area contributed by atoms with Crippen molar-refractivity contribution in [1.82, 2.24) is 10.2 Å². The van der Waals surface area contributed by atoms with Crippen LogP contribution in [0.3, 0.4) is 0 Å². The fourth-order valence-electron chi connectivity index (χ4n) is 2.12. The number of carboxylic acids is 1. The maximum atomic E-state index is 12.1. The Bertz CT molecular complexity index is 340. The minimum absolute atomic E-state index is 0.0670. The average Bonchev–Trinajstić information content (AvgIpc) is 2.40. The van der Waals surface area contributed by atoms with Gasteiger partial charge in [0.25, 0.3) is 0 Å². The van der Waals surface area contributed by atoms with Crippen LogP contribution < -0.4 is 5.32 Å². The van der Waals surface area contributed by atoms with Crippen LogP contribution in [0, 0.1) is 11.8 Å². The zero-order valence-corrected chi connectivity index (χ0v) is 14.4. The highest BCUT2D eigenvalue weighted by Crippen LogP contribution is 2.21. The summed E-state index contributed by atoms with van der Waals surface area (Å²) < 4.78 is 0. The van der Waals surface area contributed by atoms with Gasteiger partial charge in [-0.2, -0.15) is 0 Å².